The van der Waals surface area contributed by atoms with E-state index in [2.05, 4.69) is 16.6 Å². The minimum atomic E-state index is -4.54. The van der Waals surface area contributed by atoms with Crippen molar-refractivity contribution in [3.05, 3.63) is 52.8 Å². The summed E-state index contributed by atoms with van der Waals surface area (Å²) in [7, 11) is -2.33. The summed E-state index contributed by atoms with van der Waals surface area (Å²) in [5, 5.41) is 0. The second kappa shape index (κ2) is 8.85. The van der Waals surface area contributed by atoms with Gasteiger partial charge in [-0.05, 0) is 49.1 Å². The molecule has 1 aliphatic rings. The van der Waals surface area contributed by atoms with E-state index in [1.807, 2.05) is 6.07 Å². The lowest BCUT2D eigenvalue weighted by Crippen LogP contribution is -2.28. The topological polar surface area (TPSA) is 49.9 Å². The lowest BCUT2D eigenvalue weighted by molar-refractivity contribution is 0.288. The van der Waals surface area contributed by atoms with Crippen molar-refractivity contribution in [3.8, 4) is 5.75 Å². The van der Waals surface area contributed by atoms with E-state index in [-0.39, 0.29) is 0 Å². The average Bonchev–Trinajstić information content (AvgIpc) is 2.92. The molecule has 0 radical (unpaired) electrons. The Bertz CT molecular complexity index is 1040. The predicted octanol–water partition coefficient (Wildman–Crippen LogP) is 3.75. The molecule has 0 aliphatic carbocycles. The number of halogens is 3. The quantitative estimate of drug-likeness (QED) is 0.640. The zero-order valence-electron chi connectivity index (χ0n) is 17.2. The van der Waals surface area contributed by atoms with Gasteiger partial charge in [-0.15, -0.1) is 0 Å². The molecule has 1 heterocycles. The van der Waals surface area contributed by atoms with E-state index in [1.54, 1.807) is 12.1 Å². The molecule has 0 aromatic heterocycles. The fourth-order valence-corrected chi connectivity index (χ4v) is 4.97. The fraction of sp³-hybridized carbons (Fsp3) is 0.429. The molecule has 164 valence electrons. The van der Waals surface area contributed by atoms with Gasteiger partial charge in [-0.25, -0.2) is 17.2 Å². The van der Waals surface area contributed by atoms with E-state index in [1.165, 1.54) is 7.05 Å². The van der Waals surface area contributed by atoms with Crippen LogP contribution in [-0.4, -0.2) is 47.1 Å². The molecule has 0 atom stereocenters. The molecule has 2 aromatic carbocycles. The van der Waals surface area contributed by atoms with Gasteiger partial charge in [0.05, 0.1) is 12.8 Å². The highest BCUT2D eigenvalue weighted by atomic mass is 32.2. The number of hydrogen-bond donors (Lipinski definition) is 0. The predicted molar refractivity (Wildman–Crippen MR) is 109 cm³/mol. The van der Waals surface area contributed by atoms with E-state index in [0.29, 0.717) is 11.8 Å². The number of methoxy groups -OCH3 is 1. The second-order valence-corrected chi connectivity index (χ2v) is 9.22. The Morgan fingerprint density at radius 3 is 2.37 bits per heavy atom. The Morgan fingerprint density at radius 2 is 1.73 bits per heavy atom. The van der Waals surface area contributed by atoms with Gasteiger partial charge in [0.2, 0.25) is 5.82 Å². The Balaban J connectivity index is 1.95. The number of anilines is 1. The van der Waals surface area contributed by atoms with Crippen molar-refractivity contribution in [2.24, 2.45) is 0 Å². The van der Waals surface area contributed by atoms with Gasteiger partial charge < -0.3 is 9.64 Å². The van der Waals surface area contributed by atoms with Crippen LogP contribution in [0, 0.1) is 17.5 Å². The third kappa shape index (κ3) is 4.13. The maximum absolute atomic E-state index is 14.4. The van der Waals surface area contributed by atoms with Crippen LogP contribution in [0.3, 0.4) is 0 Å². The number of sulfonamides is 1. The molecule has 0 saturated heterocycles. The molecule has 0 amide bonds. The van der Waals surface area contributed by atoms with E-state index in [4.69, 9.17) is 0 Å². The highest BCUT2D eigenvalue weighted by Gasteiger charge is 2.31. The molecule has 30 heavy (non-hydrogen) atoms. The molecule has 0 spiro atoms. The van der Waals surface area contributed by atoms with Crippen molar-refractivity contribution in [1.29, 1.82) is 0 Å². The lowest BCUT2D eigenvalue weighted by Gasteiger charge is -2.22. The molecule has 3 rings (SSSR count). The molecular weight excluding hydrogens is 417 g/mol. The maximum Gasteiger partial charge on any atom is 0.267 e. The van der Waals surface area contributed by atoms with Crippen LogP contribution >= 0.6 is 0 Å². The van der Waals surface area contributed by atoms with Gasteiger partial charge in [-0.2, -0.15) is 4.39 Å². The average molecular weight is 443 g/mol. The first kappa shape index (κ1) is 22.4. The van der Waals surface area contributed by atoms with Crippen molar-refractivity contribution in [2.45, 2.75) is 31.1 Å². The first-order valence-electron chi connectivity index (χ1n) is 9.75. The van der Waals surface area contributed by atoms with Crippen molar-refractivity contribution in [3.63, 3.8) is 0 Å². The molecule has 9 heteroatoms. The summed E-state index contributed by atoms with van der Waals surface area (Å²) in [6.07, 6.45) is 2.68. The number of ether oxygens (including phenoxy) is 1. The van der Waals surface area contributed by atoms with Crippen LogP contribution in [0.25, 0.3) is 0 Å². The SMILES string of the molecule is CCCN1CCc2ccc(N(C)S(=O)(=O)c3cc(F)c(OC)c(F)c3F)cc2CC1. The molecule has 1 aliphatic heterocycles. The summed E-state index contributed by atoms with van der Waals surface area (Å²) in [5.41, 5.74) is 2.45. The minimum Gasteiger partial charge on any atom is -0.491 e. The van der Waals surface area contributed by atoms with Crippen LogP contribution in [0.15, 0.2) is 29.2 Å². The van der Waals surface area contributed by atoms with Crippen molar-refractivity contribution >= 4 is 15.7 Å². The van der Waals surface area contributed by atoms with E-state index in [9.17, 15) is 21.6 Å². The summed E-state index contributed by atoms with van der Waals surface area (Å²) in [4.78, 5) is 1.28. The largest absolute Gasteiger partial charge is 0.491 e. The van der Waals surface area contributed by atoms with Crippen LogP contribution < -0.4 is 9.04 Å². The lowest BCUT2D eigenvalue weighted by atomic mass is 10.0. The second-order valence-electron chi connectivity index (χ2n) is 7.28. The Morgan fingerprint density at radius 1 is 1.07 bits per heavy atom. The third-order valence-electron chi connectivity index (χ3n) is 5.41. The van der Waals surface area contributed by atoms with Gasteiger partial charge >= 0.3 is 0 Å². The van der Waals surface area contributed by atoms with Crippen LogP contribution in [0.5, 0.6) is 5.75 Å². The number of hydrogen-bond acceptors (Lipinski definition) is 4. The van der Waals surface area contributed by atoms with Gasteiger partial charge in [0.1, 0.15) is 4.90 Å². The number of fused-ring (bicyclic) bond motifs is 1. The Hall–Kier alpha value is -2.26. The number of rotatable bonds is 6. The number of nitrogens with zero attached hydrogens (tertiary/aromatic N) is 2. The third-order valence-corrected chi connectivity index (χ3v) is 7.20. The summed E-state index contributed by atoms with van der Waals surface area (Å²) in [6.45, 7) is 4.93. The van der Waals surface area contributed by atoms with E-state index in [0.717, 1.165) is 61.4 Å². The zero-order chi connectivity index (χ0) is 22.1. The standard InChI is InChI=1S/C21H25F3N2O3S/c1-4-9-26-10-7-14-5-6-16(12-15(14)8-11-26)25(2)30(27,28)18-13-17(22)21(29-3)20(24)19(18)23/h5-6,12-13H,4,7-11H2,1-3H3. The molecule has 0 bridgehead atoms. The molecule has 0 unspecified atom stereocenters. The zero-order valence-corrected chi connectivity index (χ0v) is 18.0. The maximum atomic E-state index is 14.4. The molecular formula is C21H25F3N2O3S. The number of benzene rings is 2. The smallest absolute Gasteiger partial charge is 0.267 e. The molecule has 0 N–H and O–H groups in total. The fourth-order valence-electron chi connectivity index (χ4n) is 3.71. The molecule has 0 saturated carbocycles. The Kier molecular flexibility index (Phi) is 6.62. The molecule has 5 nitrogen and oxygen atoms in total. The van der Waals surface area contributed by atoms with Crippen LogP contribution in [-0.2, 0) is 22.9 Å². The first-order valence-corrected chi connectivity index (χ1v) is 11.2. The summed E-state index contributed by atoms with van der Waals surface area (Å²) >= 11 is 0. The van der Waals surface area contributed by atoms with E-state index < -0.39 is 38.1 Å². The summed E-state index contributed by atoms with van der Waals surface area (Å²) in [6, 6.07) is 5.67. The summed E-state index contributed by atoms with van der Waals surface area (Å²) in [5.74, 6) is -5.61. The van der Waals surface area contributed by atoms with Crippen molar-refractivity contribution in [2.75, 3.05) is 38.1 Å². The van der Waals surface area contributed by atoms with E-state index >= 15 is 0 Å². The van der Waals surface area contributed by atoms with Gasteiger partial charge in [-0.3, -0.25) is 4.31 Å². The molecule has 2 aromatic rings. The van der Waals surface area contributed by atoms with Gasteiger partial charge in [0.25, 0.3) is 10.0 Å². The Labute approximate surface area is 175 Å². The van der Waals surface area contributed by atoms with Crippen LogP contribution in [0.4, 0.5) is 18.9 Å². The van der Waals surface area contributed by atoms with Crippen molar-refractivity contribution in [1.82, 2.24) is 4.90 Å². The first-order chi connectivity index (χ1) is 14.2. The minimum absolute atomic E-state index is 0.300. The van der Waals surface area contributed by atoms with Gasteiger partial charge in [0.15, 0.2) is 17.4 Å². The van der Waals surface area contributed by atoms with Gasteiger partial charge in [0, 0.05) is 26.2 Å². The monoisotopic (exact) mass is 442 g/mol. The van der Waals surface area contributed by atoms with Gasteiger partial charge in [-0.1, -0.05) is 13.0 Å². The van der Waals surface area contributed by atoms with Crippen molar-refractivity contribution < 1.29 is 26.3 Å². The summed E-state index contributed by atoms with van der Waals surface area (Å²) < 4.78 is 73.7. The normalized spacial score (nSPS) is 14.9. The molecule has 0 fully saturated rings. The highest BCUT2D eigenvalue weighted by molar-refractivity contribution is 7.92. The highest BCUT2D eigenvalue weighted by Crippen LogP contribution is 2.32. The van der Waals surface area contributed by atoms with Crippen LogP contribution in [0.1, 0.15) is 24.5 Å². The van der Waals surface area contributed by atoms with Crippen LogP contribution in [0.2, 0.25) is 0 Å².